The summed E-state index contributed by atoms with van der Waals surface area (Å²) >= 11 is 0. The number of amides is 1. The van der Waals surface area contributed by atoms with Crippen LogP contribution < -0.4 is 21.1 Å². The molecule has 0 atom stereocenters. The highest BCUT2D eigenvalue weighted by Crippen LogP contribution is 2.28. The Labute approximate surface area is 247 Å². The minimum atomic E-state index is -0.399. The van der Waals surface area contributed by atoms with Crippen molar-refractivity contribution in [1.82, 2.24) is 24.0 Å². The lowest BCUT2D eigenvalue weighted by Crippen LogP contribution is -2.26. The first-order valence-corrected chi connectivity index (χ1v) is 13.9. The van der Waals surface area contributed by atoms with Gasteiger partial charge in [-0.2, -0.15) is 0 Å². The molecule has 0 bridgehead atoms. The molecule has 3 N–H and O–H groups in total. The van der Waals surface area contributed by atoms with Gasteiger partial charge < -0.3 is 20.5 Å². The average molecular weight is 578 g/mol. The van der Waals surface area contributed by atoms with E-state index in [9.17, 15) is 14.7 Å². The number of phenolic OH excluding ortho intramolecular Hbond substituents is 1. The van der Waals surface area contributed by atoms with E-state index in [-0.39, 0.29) is 17.5 Å². The van der Waals surface area contributed by atoms with E-state index in [1.54, 1.807) is 67.7 Å². The number of rotatable bonds is 9. The lowest BCUT2D eigenvalue weighted by molar-refractivity contribution is -0.113. The van der Waals surface area contributed by atoms with Crippen LogP contribution in [0.5, 0.6) is 17.2 Å². The number of nitrogen functional groups attached to an aromatic ring is 1. The number of carbonyl (C=O) groups excluding carboxylic acids is 1. The number of aromatic hydroxyl groups is 1. The van der Waals surface area contributed by atoms with Gasteiger partial charge in [-0.3, -0.25) is 14.3 Å². The van der Waals surface area contributed by atoms with Gasteiger partial charge in [0.1, 0.15) is 29.1 Å². The fourth-order valence-electron chi connectivity index (χ4n) is 4.90. The number of likely N-dealkylation sites (N-methyl/N-ethyl adjacent to an activating group) is 2. The van der Waals surface area contributed by atoms with E-state index in [0.717, 1.165) is 0 Å². The van der Waals surface area contributed by atoms with Crippen molar-refractivity contribution in [3.8, 4) is 28.6 Å². The summed E-state index contributed by atoms with van der Waals surface area (Å²) in [5.41, 5.74) is 8.24. The number of fused-ring (bicyclic) bond motifs is 1. The summed E-state index contributed by atoms with van der Waals surface area (Å²) in [7, 11) is 3.76. The van der Waals surface area contributed by atoms with Crippen LogP contribution in [-0.4, -0.2) is 61.7 Å². The molecule has 0 aliphatic heterocycles. The number of carbonyl (C=O) groups is 1. The van der Waals surface area contributed by atoms with Crippen molar-refractivity contribution < 1.29 is 14.6 Å². The number of nitrogens with two attached hydrogens (primary N) is 1. The molecule has 11 heteroatoms. The molecule has 1 aliphatic rings. The Morgan fingerprint density at radius 1 is 1.00 bits per heavy atom. The van der Waals surface area contributed by atoms with Crippen LogP contribution in [0.3, 0.4) is 0 Å². The summed E-state index contributed by atoms with van der Waals surface area (Å²) in [4.78, 5) is 39.2. The van der Waals surface area contributed by atoms with Crippen LogP contribution in [0.25, 0.3) is 22.5 Å². The van der Waals surface area contributed by atoms with E-state index < -0.39 is 5.69 Å². The normalized spacial score (nSPS) is 13.2. The molecule has 2 heterocycles. The second-order valence-corrected chi connectivity index (χ2v) is 10.5. The lowest BCUT2D eigenvalue weighted by atomic mass is 10.2. The first-order valence-electron chi connectivity index (χ1n) is 13.9. The lowest BCUT2D eigenvalue weighted by Gasteiger charge is -2.17. The Kier molecular flexibility index (Phi) is 7.39. The molecule has 11 nitrogen and oxygen atoms in total. The summed E-state index contributed by atoms with van der Waals surface area (Å²) in [5.74, 6) is 1.23. The molecule has 0 saturated heterocycles. The van der Waals surface area contributed by atoms with Gasteiger partial charge in [-0.05, 0) is 86.6 Å². The molecule has 218 valence electrons. The number of anilines is 2. The third-order valence-electron chi connectivity index (χ3n) is 7.45. The van der Waals surface area contributed by atoms with Gasteiger partial charge in [-0.15, -0.1) is 0 Å². The van der Waals surface area contributed by atoms with Crippen molar-refractivity contribution in [3.05, 3.63) is 102 Å². The zero-order valence-corrected chi connectivity index (χ0v) is 23.8. The van der Waals surface area contributed by atoms with Crippen LogP contribution in [0, 0.1) is 0 Å². The largest absolute Gasteiger partial charge is 0.508 e. The van der Waals surface area contributed by atoms with E-state index >= 15 is 0 Å². The molecule has 6 rings (SSSR count). The molecule has 43 heavy (non-hydrogen) atoms. The van der Waals surface area contributed by atoms with Crippen molar-refractivity contribution >= 4 is 28.6 Å². The number of aromatic nitrogens is 4. The monoisotopic (exact) mass is 577 g/mol. The molecular formula is C32H31N7O4. The van der Waals surface area contributed by atoms with Crippen molar-refractivity contribution in [2.75, 3.05) is 31.3 Å². The van der Waals surface area contributed by atoms with Gasteiger partial charge in [0.2, 0.25) is 5.91 Å². The smallest absolute Gasteiger partial charge is 0.339 e. The maximum absolute atomic E-state index is 14.0. The predicted octanol–water partition coefficient (Wildman–Crippen LogP) is 4.26. The fourth-order valence-corrected chi connectivity index (χ4v) is 4.90. The van der Waals surface area contributed by atoms with Gasteiger partial charge in [0.15, 0.2) is 11.5 Å². The molecule has 3 aromatic carbocycles. The summed E-state index contributed by atoms with van der Waals surface area (Å²) in [6.07, 6.45) is 7.18. The number of ether oxygens (including phenoxy) is 1. The molecular weight excluding hydrogens is 546 g/mol. The van der Waals surface area contributed by atoms with Gasteiger partial charge in [0, 0.05) is 31.4 Å². The molecule has 1 amide bonds. The zero-order chi connectivity index (χ0) is 30.1. The minimum Gasteiger partial charge on any atom is -0.508 e. The van der Waals surface area contributed by atoms with E-state index in [0.29, 0.717) is 52.3 Å². The zero-order valence-electron chi connectivity index (χ0n) is 23.8. The van der Waals surface area contributed by atoms with E-state index in [2.05, 4.69) is 21.9 Å². The number of phenols is 1. The third-order valence-corrected chi connectivity index (χ3v) is 7.45. The molecule has 1 fully saturated rings. The van der Waals surface area contributed by atoms with Crippen LogP contribution in [0.15, 0.2) is 96.1 Å². The second kappa shape index (κ2) is 11.5. The molecule has 1 saturated carbocycles. The number of hydrogen-bond acceptors (Lipinski definition) is 8. The van der Waals surface area contributed by atoms with E-state index in [1.807, 2.05) is 12.1 Å². The Morgan fingerprint density at radius 3 is 2.40 bits per heavy atom. The first-order chi connectivity index (χ1) is 20.8. The molecule has 0 spiro atoms. The SMILES string of the molecule is CN(C(=O)C=CCN(C)C1CC1)c1cccc(-n2c(=O)n(-c3ccc(Oc4ccc(O)cc4)cc3)c3c(N)ncnc32)c1. The van der Waals surface area contributed by atoms with Crippen molar-refractivity contribution in [2.24, 2.45) is 0 Å². The summed E-state index contributed by atoms with van der Waals surface area (Å²) in [6.45, 7) is 0.713. The van der Waals surface area contributed by atoms with Crippen molar-refractivity contribution in [1.29, 1.82) is 0 Å². The summed E-state index contributed by atoms with van der Waals surface area (Å²) < 4.78 is 8.76. The third kappa shape index (κ3) is 5.70. The van der Waals surface area contributed by atoms with Crippen LogP contribution in [-0.2, 0) is 4.79 Å². The second-order valence-electron chi connectivity index (χ2n) is 10.5. The molecule has 2 aromatic heterocycles. The highest BCUT2D eigenvalue weighted by molar-refractivity contribution is 6.01. The number of benzene rings is 3. The van der Waals surface area contributed by atoms with Crippen LogP contribution in [0.1, 0.15) is 12.8 Å². The maximum atomic E-state index is 14.0. The van der Waals surface area contributed by atoms with Crippen LogP contribution in [0.4, 0.5) is 11.5 Å². The Bertz CT molecular complexity index is 1870. The van der Waals surface area contributed by atoms with Crippen molar-refractivity contribution in [3.63, 3.8) is 0 Å². The van der Waals surface area contributed by atoms with Gasteiger partial charge in [0.05, 0.1) is 11.4 Å². The Balaban J connectivity index is 1.32. The van der Waals surface area contributed by atoms with Gasteiger partial charge in [-0.1, -0.05) is 12.1 Å². The topological polar surface area (TPSA) is 132 Å². The molecule has 5 aromatic rings. The van der Waals surface area contributed by atoms with Gasteiger partial charge >= 0.3 is 5.69 Å². The highest BCUT2D eigenvalue weighted by atomic mass is 16.5. The molecule has 0 radical (unpaired) electrons. The Morgan fingerprint density at radius 2 is 1.70 bits per heavy atom. The summed E-state index contributed by atoms with van der Waals surface area (Å²) in [6, 6.07) is 21.1. The van der Waals surface area contributed by atoms with E-state index in [1.165, 1.54) is 45.3 Å². The van der Waals surface area contributed by atoms with Gasteiger partial charge in [-0.25, -0.2) is 19.3 Å². The maximum Gasteiger partial charge on any atom is 0.339 e. The minimum absolute atomic E-state index is 0.145. The molecule has 1 aliphatic carbocycles. The number of imidazole rings is 1. The number of hydrogen-bond donors (Lipinski definition) is 2. The number of nitrogens with zero attached hydrogens (tertiary/aromatic N) is 6. The van der Waals surface area contributed by atoms with Crippen molar-refractivity contribution in [2.45, 2.75) is 18.9 Å². The van der Waals surface area contributed by atoms with Crippen LogP contribution >= 0.6 is 0 Å². The quantitative estimate of drug-likeness (QED) is 0.249. The predicted molar refractivity (Wildman–Crippen MR) is 165 cm³/mol. The Hall–Kier alpha value is -5.42. The summed E-state index contributed by atoms with van der Waals surface area (Å²) in [5, 5.41) is 9.50. The van der Waals surface area contributed by atoms with E-state index in [4.69, 9.17) is 10.5 Å². The first kappa shape index (κ1) is 27.7. The standard InChI is InChI=1S/C32H31N7O4/c1-36(21-8-9-21)18-4-7-28(41)37(2)23-5-3-6-24(19-23)39-31-29(30(33)34-20-35-31)38(32(39)42)22-10-14-26(15-11-22)43-27-16-12-25(40)13-17-27/h3-7,10-17,19-21,40H,8-9,18H2,1-2H3,(H2,33,34,35). The highest BCUT2D eigenvalue weighted by Gasteiger charge is 2.25. The van der Waals surface area contributed by atoms with Crippen LogP contribution in [0.2, 0.25) is 0 Å². The fraction of sp³-hybridized carbons (Fsp3) is 0.188. The average Bonchev–Trinajstić information content (AvgIpc) is 3.82. The van der Waals surface area contributed by atoms with Gasteiger partial charge in [0.25, 0.3) is 0 Å². The molecule has 0 unspecified atom stereocenters.